The molecule has 0 amide bonds. The van der Waals surface area contributed by atoms with Crippen molar-refractivity contribution in [1.29, 1.82) is 0 Å². The van der Waals surface area contributed by atoms with Crippen LogP contribution in [-0.4, -0.2) is 9.97 Å². The van der Waals surface area contributed by atoms with E-state index in [1.54, 1.807) is 6.26 Å². The van der Waals surface area contributed by atoms with Gasteiger partial charge in [-0.25, -0.2) is 4.98 Å². The van der Waals surface area contributed by atoms with Gasteiger partial charge in [0.15, 0.2) is 11.6 Å². The number of fused-ring (bicyclic) bond motifs is 3. The van der Waals surface area contributed by atoms with Crippen molar-refractivity contribution in [3.8, 4) is 11.6 Å². The molecule has 0 saturated heterocycles. The quantitative estimate of drug-likeness (QED) is 0.541. The number of nitrogens with one attached hydrogen (secondary N) is 1. The Balaban J connectivity index is 2.08. The first-order chi connectivity index (χ1) is 8.92. The molecule has 0 radical (unpaired) electrons. The molecule has 0 aliphatic carbocycles. The Hall–Kier alpha value is -2.55. The van der Waals surface area contributed by atoms with Gasteiger partial charge >= 0.3 is 0 Å². The second kappa shape index (κ2) is 3.47. The van der Waals surface area contributed by atoms with Crippen LogP contribution >= 0.6 is 0 Å². The molecule has 2 heterocycles. The van der Waals surface area contributed by atoms with Crippen LogP contribution in [0.15, 0.2) is 59.2 Å². The number of furan rings is 1. The van der Waals surface area contributed by atoms with Gasteiger partial charge in [-0.3, -0.25) is 0 Å². The van der Waals surface area contributed by atoms with Gasteiger partial charge in [0.1, 0.15) is 0 Å². The van der Waals surface area contributed by atoms with Crippen LogP contribution in [0.4, 0.5) is 0 Å². The van der Waals surface area contributed by atoms with Gasteiger partial charge in [0.05, 0.1) is 17.3 Å². The minimum Gasteiger partial charge on any atom is -0.461 e. The maximum Gasteiger partial charge on any atom is 0.174 e. The highest BCUT2D eigenvalue weighted by Gasteiger charge is 2.09. The SMILES string of the molecule is c1coc(-c2nc3c(ccc4ccccc43)[nH]2)c1. The largest absolute Gasteiger partial charge is 0.461 e. The molecule has 0 saturated carbocycles. The summed E-state index contributed by atoms with van der Waals surface area (Å²) in [6.07, 6.45) is 1.65. The lowest BCUT2D eigenvalue weighted by molar-refractivity contribution is 0.578. The molecule has 86 valence electrons. The van der Waals surface area contributed by atoms with Crippen molar-refractivity contribution in [2.24, 2.45) is 0 Å². The summed E-state index contributed by atoms with van der Waals surface area (Å²) < 4.78 is 5.37. The van der Waals surface area contributed by atoms with E-state index in [1.165, 1.54) is 5.39 Å². The fourth-order valence-electron chi connectivity index (χ4n) is 2.27. The fraction of sp³-hybridized carbons (Fsp3) is 0. The maximum atomic E-state index is 5.37. The summed E-state index contributed by atoms with van der Waals surface area (Å²) >= 11 is 0. The van der Waals surface area contributed by atoms with Crippen molar-refractivity contribution in [1.82, 2.24) is 9.97 Å². The molecule has 0 aliphatic heterocycles. The molecule has 18 heavy (non-hydrogen) atoms. The highest BCUT2D eigenvalue weighted by molar-refractivity contribution is 6.04. The van der Waals surface area contributed by atoms with Crippen LogP contribution in [-0.2, 0) is 0 Å². The number of hydrogen-bond donors (Lipinski definition) is 1. The second-order valence-corrected chi connectivity index (χ2v) is 4.25. The zero-order chi connectivity index (χ0) is 11.9. The third-order valence-corrected chi connectivity index (χ3v) is 3.13. The van der Waals surface area contributed by atoms with Gasteiger partial charge in [-0.2, -0.15) is 0 Å². The van der Waals surface area contributed by atoms with Crippen molar-refractivity contribution in [2.75, 3.05) is 0 Å². The predicted molar refractivity (Wildman–Crippen MR) is 71.3 cm³/mol. The molecule has 3 nitrogen and oxygen atoms in total. The number of H-pyrrole nitrogens is 1. The third kappa shape index (κ3) is 1.27. The first kappa shape index (κ1) is 9.48. The lowest BCUT2D eigenvalue weighted by atomic mass is 10.1. The summed E-state index contributed by atoms with van der Waals surface area (Å²) in [6, 6.07) is 16.2. The van der Waals surface area contributed by atoms with Gasteiger partial charge in [0.2, 0.25) is 0 Å². The van der Waals surface area contributed by atoms with Crippen LogP contribution in [0.3, 0.4) is 0 Å². The molecule has 4 rings (SSSR count). The van der Waals surface area contributed by atoms with Crippen LogP contribution in [0, 0.1) is 0 Å². The van der Waals surface area contributed by atoms with E-state index in [1.807, 2.05) is 24.3 Å². The summed E-state index contributed by atoms with van der Waals surface area (Å²) in [4.78, 5) is 7.92. The second-order valence-electron chi connectivity index (χ2n) is 4.25. The van der Waals surface area contributed by atoms with Crippen LogP contribution in [0.1, 0.15) is 0 Å². The van der Waals surface area contributed by atoms with Gasteiger partial charge in [0, 0.05) is 5.39 Å². The Morgan fingerprint density at radius 1 is 0.944 bits per heavy atom. The van der Waals surface area contributed by atoms with Crippen LogP contribution in [0.25, 0.3) is 33.4 Å². The lowest BCUT2D eigenvalue weighted by Gasteiger charge is -1.96. The normalized spacial score (nSPS) is 11.3. The smallest absolute Gasteiger partial charge is 0.174 e. The molecule has 0 fully saturated rings. The molecule has 1 N–H and O–H groups in total. The van der Waals surface area contributed by atoms with Gasteiger partial charge in [0.25, 0.3) is 0 Å². The molecule has 2 aromatic carbocycles. The maximum absolute atomic E-state index is 5.37. The minimum atomic E-state index is 0.760. The van der Waals surface area contributed by atoms with Crippen molar-refractivity contribution in [3.63, 3.8) is 0 Å². The fourth-order valence-corrected chi connectivity index (χ4v) is 2.27. The number of aromatic nitrogens is 2. The molecule has 3 heteroatoms. The van der Waals surface area contributed by atoms with E-state index in [9.17, 15) is 0 Å². The number of imidazole rings is 1. The first-order valence-electron chi connectivity index (χ1n) is 5.83. The van der Waals surface area contributed by atoms with Gasteiger partial charge < -0.3 is 9.40 Å². The van der Waals surface area contributed by atoms with Gasteiger partial charge in [-0.1, -0.05) is 30.3 Å². The van der Waals surface area contributed by atoms with Crippen molar-refractivity contribution < 1.29 is 4.42 Å². The molecule has 0 bridgehead atoms. The number of aromatic amines is 1. The number of nitrogens with zero attached hydrogens (tertiary/aromatic N) is 1. The Bertz CT molecular complexity index is 828. The molecular weight excluding hydrogens is 224 g/mol. The monoisotopic (exact) mass is 234 g/mol. The summed E-state index contributed by atoms with van der Waals surface area (Å²) in [6.45, 7) is 0. The Morgan fingerprint density at radius 2 is 1.89 bits per heavy atom. The highest BCUT2D eigenvalue weighted by atomic mass is 16.3. The average Bonchev–Trinajstić information content (AvgIpc) is 3.07. The topological polar surface area (TPSA) is 41.8 Å². The third-order valence-electron chi connectivity index (χ3n) is 3.13. The zero-order valence-corrected chi connectivity index (χ0v) is 9.55. The van der Waals surface area contributed by atoms with E-state index < -0.39 is 0 Å². The molecule has 2 aromatic heterocycles. The number of benzene rings is 2. The summed E-state index contributed by atoms with van der Waals surface area (Å²) in [5.41, 5.74) is 2.01. The lowest BCUT2D eigenvalue weighted by Crippen LogP contribution is -1.75. The van der Waals surface area contributed by atoms with Gasteiger partial charge in [-0.05, 0) is 23.6 Å². The Labute approximate surface area is 103 Å². The molecule has 0 unspecified atom stereocenters. The summed E-state index contributed by atoms with van der Waals surface area (Å²) in [7, 11) is 0. The van der Waals surface area contributed by atoms with Crippen molar-refractivity contribution in [3.05, 3.63) is 54.8 Å². The zero-order valence-electron chi connectivity index (χ0n) is 9.55. The van der Waals surface area contributed by atoms with Crippen LogP contribution in [0.2, 0.25) is 0 Å². The first-order valence-corrected chi connectivity index (χ1v) is 5.83. The Kier molecular flexibility index (Phi) is 1.83. The van der Waals surface area contributed by atoms with Gasteiger partial charge in [-0.15, -0.1) is 0 Å². The minimum absolute atomic E-state index is 0.760. The molecular formula is C15H10N2O. The number of hydrogen-bond acceptors (Lipinski definition) is 2. The van der Waals surface area contributed by atoms with E-state index in [-0.39, 0.29) is 0 Å². The van der Waals surface area contributed by atoms with E-state index in [0.29, 0.717) is 0 Å². The summed E-state index contributed by atoms with van der Waals surface area (Å²) in [5, 5.41) is 2.35. The highest BCUT2D eigenvalue weighted by Crippen LogP contribution is 2.26. The molecule has 4 aromatic rings. The van der Waals surface area contributed by atoms with E-state index >= 15 is 0 Å². The van der Waals surface area contributed by atoms with E-state index in [0.717, 1.165) is 28.0 Å². The predicted octanol–water partition coefficient (Wildman–Crippen LogP) is 3.98. The van der Waals surface area contributed by atoms with E-state index in [4.69, 9.17) is 4.42 Å². The molecule has 0 atom stereocenters. The Morgan fingerprint density at radius 3 is 2.78 bits per heavy atom. The standard InChI is InChI=1S/C15H10N2O/c1-2-5-11-10(4-1)7-8-12-14(11)17-15(16-12)13-6-3-9-18-13/h1-9H,(H,16,17). The van der Waals surface area contributed by atoms with Crippen molar-refractivity contribution in [2.45, 2.75) is 0 Å². The van der Waals surface area contributed by atoms with Crippen LogP contribution < -0.4 is 0 Å². The summed E-state index contributed by atoms with van der Waals surface area (Å²) in [5.74, 6) is 1.53. The molecule has 0 spiro atoms. The van der Waals surface area contributed by atoms with Crippen molar-refractivity contribution >= 4 is 21.8 Å². The average molecular weight is 234 g/mol. The molecule has 0 aliphatic rings. The van der Waals surface area contributed by atoms with Crippen LogP contribution in [0.5, 0.6) is 0 Å². The van der Waals surface area contributed by atoms with E-state index in [2.05, 4.69) is 34.2 Å². The number of rotatable bonds is 1.